The van der Waals surface area contributed by atoms with E-state index in [0.717, 1.165) is 15.6 Å². The Bertz CT molecular complexity index is 945. The molecule has 0 bridgehead atoms. The molecule has 0 fully saturated rings. The Labute approximate surface area is 202 Å². The number of hydrogen-bond acceptors (Lipinski definition) is 6. The largest absolute Gasteiger partial charge is 0.467 e. The minimum atomic E-state index is -1.09. The molecule has 1 aliphatic rings. The van der Waals surface area contributed by atoms with Crippen molar-refractivity contribution in [1.29, 1.82) is 0 Å². The van der Waals surface area contributed by atoms with E-state index >= 15 is 0 Å². The van der Waals surface area contributed by atoms with E-state index < -0.39 is 35.4 Å². The second-order valence-electron chi connectivity index (χ2n) is 11.3. The lowest BCUT2D eigenvalue weighted by atomic mass is 9.86. The lowest BCUT2D eigenvalue weighted by Crippen LogP contribution is -2.59. The quantitative estimate of drug-likeness (QED) is 0.406. The molecule has 0 saturated carbocycles. The fourth-order valence-corrected chi connectivity index (χ4v) is 3.39. The number of nitrogens with zero attached hydrogens (tertiary/aromatic N) is 2. The van der Waals surface area contributed by atoms with Crippen molar-refractivity contribution in [1.82, 2.24) is 10.0 Å². The molecular weight excluding hydrogens is 436 g/mol. The molecule has 0 aliphatic carbocycles. The lowest BCUT2D eigenvalue weighted by Gasteiger charge is -2.42. The molecule has 0 unspecified atom stereocenters. The molecule has 1 aromatic carbocycles. The first-order valence-electron chi connectivity index (χ1n) is 11.4. The Balaban J connectivity index is 2.65. The van der Waals surface area contributed by atoms with Gasteiger partial charge in [-0.1, -0.05) is 51.1 Å². The standard InChI is InChI=1S/C26H38N2O6/c1-24(2,3)18-13-11-17(12-14-18)19-15-16-20(21(29)32-10)28(23(31)34-26(7,8)9)27(19)22(30)33-25(4,5)6/h11-15,20H,16H2,1-10H3/t20-/m1/s1. The maximum absolute atomic E-state index is 13.4. The number of hydrogen-bond donors (Lipinski definition) is 0. The monoisotopic (exact) mass is 474 g/mol. The summed E-state index contributed by atoms with van der Waals surface area (Å²) in [6.07, 6.45) is 0.212. The molecular formula is C26H38N2O6. The Morgan fingerprint density at radius 1 is 0.824 bits per heavy atom. The van der Waals surface area contributed by atoms with Crippen LogP contribution in [0.2, 0.25) is 0 Å². The van der Waals surface area contributed by atoms with E-state index in [4.69, 9.17) is 14.2 Å². The second kappa shape index (κ2) is 9.68. The van der Waals surface area contributed by atoms with E-state index in [9.17, 15) is 14.4 Å². The SMILES string of the molecule is COC(=O)[C@H]1CC=C(c2ccc(C(C)(C)C)cc2)N(C(=O)OC(C)(C)C)N1C(=O)OC(C)(C)C. The molecule has 0 N–H and O–H groups in total. The number of carbonyl (C=O) groups excluding carboxylic acids is 3. The molecule has 2 rings (SSSR count). The van der Waals surface area contributed by atoms with Crippen molar-refractivity contribution in [2.45, 2.75) is 91.4 Å². The van der Waals surface area contributed by atoms with Crippen LogP contribution in [0.1, 0.15) is 79.9 Å². The molecule has 1 aliphatic heterocycles. The van der Waals surface area contributed by atoms with Crippen LogP contribution in [0.15, 0.2) is 30.3 Å². The van der Waals surface area contributed by atoms with Crippen LogP contribution in [0.5, 0.6) is 0 Å². The van der Waals surface area contributed by atoms with Gasteiger partial charge in [0.1, 0.15) is 11.2 Å². The zero-order valence-corrected chi connectivity index (χ0v) is 22.0. The third-order valence-corrected chi connectivity index (χ3v) is 4.94. The molecule has 1 atom stereocenters. The van der Waals surface area contributed by atoms with Gasteiger partial charge in [-0.15, -0.1) is 0 Å². The molecule has 0 spiro atoms. The van der Waals surface area contributed by atoms with Crippen molar-refractivity contribution >= 4 is 23.9 Å². The normalized spacial score (nSPS) is 17.1. The highest BCUT2D eigenvalue weighted by Gasteiger charge is 2.45. The van der Waals surface area contributed by atoms with Gasteiger partial charge in [-0.2, -0.15) is 10.0 Å². The van der Waals surface area contributed by atoms with Crippen molar-refractivity contribution in [3.63, 3.8) is 0 Å². The summed E-state index contributed by atoms with van der Waals surface area (Å²) in [6, 6.07) is 6.64. The molecule has 0 saturated heterocycles. The van der Waals surface area contributed by atoms with E-state index in [0.29, 0.717) is 11.3 Å². The number of benzene rings is 1. The number of methoxy groups -OCH3 is 1. The minimum Gasteiger partial charge on any atom is -0.467 e. The van der Waals surface area contributed by atoms with E-state index in [1.165, 1.54) is 7.11 Å². The number of carbonyl (C=O) groups is 3. The Kier molecular flexibility index (Phi) is 7.75. The smallest absolute Gasteiger partial charge is 0.434 e. The van der Waals surface area contributed by atoms with Crippen LogP contribution in [-0.4, -0.2) is 52.5 Å². The van der Waals surface area contributed by atoms with Gasteiger partial charge in [-0.25, -0.2) is 14.4 Å². The predicted octanol–water partition coefficient (Wildman–Crippen LogP) is 5.66. The number of amides is 2. The van der Waals surface area contributed by atoms with E-state index in [-0.39, 0.29) is 11.8 Å². The van der Waals surface area contributed by atoms with Crippen molar-refractivity contribution in [3.8, 4) is 0 Å². The number of esters is 1. The summed E-state index contributed by atoms with van der Waals surface area (Å²) in [4.78, 5) is 39.3. The van der Waals surface area contributed by atoms with Gasteiger partial charge in [0.25, 0.3) is 0 Å². The zero-order valence-electron chi connectivity index (χ0n) is 22.0. The molecule has 1 aromatic rings. The first kappa shape index (κ1) is 27.2. The molecule has 188 valence electrons. The number of hydrazine groups is 1. The molecule has 34 heavy (non-hydrogen) atoms. The van der Waals surface area contributed by atoms with E-state index in [1.54, 1.807) is 47.6 Å². The summed E-state index contributed by atoms with van der Waals surface area (Å²) in [5.74, 6) is -0.669. The zero-order chi connectivity index (χ0) is 26.1. The highest BCUT2D eigenvalue weighted by molar-refractivity contribution is 5.90. The number of ether oxygens (including phenoxy) is 3. The highest BCUT2D eigenvalue weighted by Crippen LogP contribution is 2.34. The fourth-order valence-electron chi connectivity index (χ4n) is 3.39. The minimum absolute atomic E-state index is 0.0527. The average Bonchev–Trinajstić information content (AvgIpc) is 2.69. The van der Waals surface area contributed by atoms with Crippen LogP contribution in [0.4, 0.5) is 9.59 Å². The predicted molar refractivity (Wildman–Crippen MR) is 130 cm³/mol. The maximum Gasteiger partial charge on any atom is 0.434 e. The summed E-state index contributed by atoms with van der Waals surface area (Å²) >= 11 is 0. The van der Waals surface area contributed by atoms with Crippen molar-refractivity contribution in [3.05, 3.63) is 41.5 Å². The average molecular weight is 475 g/mol. The highest BCUT2D eigenvalue weighted by atomic mass is 16.6. The van der Waals surface area contributed by atoms with Gasteiger partial charge in [-0.05, 0) is 52.5 Å². The van der Waals surface area contributed by atoms with Crippen LogP contribution < -0.4 is 0 Å². The first-order valence-corrected chi connectivity index (χ1v) is 11.4. The number of rotatable bonds is 2. The Morgan fingerprint density at radius 2 is 1.32 bits per heavy atom. The van der Waals surface area contributed by atoms with Gasteiger partial charge in [-0.3, -0.25) is 0 Å². The van der Waals surface area contributed by atoms with Crippen molar-refractivity contribution in [2.24, 2.45) is 0 Å². The van der Waals surface area contributed by atoms with Crippen LogP contribution >= 0.6 is 0 Å². The molecule has 8 nitrogen and oxygen atoms in total. The Hall–Kier alpha value is -3.03. The molecule has 8 heteroatoms. The topological polar surface area (TPSA) is 85.4 Å². The maximum atomic E-state index is 13.4. The second-order valence-corrected chi connectivity index (χ2v) is 11.3. The van der Waals surface area contributed by atoms with Gasteiger partial charge in [0.2, 0.25) is 0 Å². The van der Waals surface area contributed by atoms with E-state index in [1.807, 2.05) is 24.3 Å². The van der Waals surface area contributed by atoms with Crippen molar-refractivity contribution in [2.75, 3.05) is 7.11 Å². The summed E-state index contributed by atoms with van der Waals surface area (Å²) in [5.41, 5.74) is 0.482. The van der Waals surface area contributed by atoms with Crippen LogP contribution in [0, 0.1) is 0 Å². The van der Waals surface area contributed by atoms with Crippen LogP contribution in [-0.2, 0) is 24.4 Å². The first-order chi connectivity index (χ1) is 15.4. The summed E-state index contributed by atoms with van der Waals surface area (Å²) in [5, 5.41) is 2.08. The molecule has 2 amide bonds. The molecule has 1 heterocycles. The van der Waals surface area contributed by atoms with Crippen LogP contribution in [0.25, 0.3) is 5.70 Å². The third-order valence-electron chi connectivity index (χ3n) is 4.94. The van der Waals surface area contributed by atoms with Gasteiger partial charge in [0.15, 0.2) is 6.04 Å². The Morgan fingerprint density at radius 3 is 1.76 bits per heavy atom. The molecule has 0 radical (unpaired) electrons. The lowest BCUT2D eigenvalue weighted by molar-refractivity contribution is -0.152. The van der Waals surface area contributed by atoms with Gasteiger partial charge in [0, 0.05) is 12.0 Å². The fraction of sp³-hybridized carbons (Fsp3) is 0.577. The summed E-state index contributed by atoms with van der Waals surface area (Å²) in [6.45, 7) is 16.6. The molecule has 0 aromatic heterocycles. The van der Waals surface area contributed by atoms with E-state index in [2.05, 4.69) is 20.8 Å². The van der Waals surface area contributed by atoms with Gasteiger partial charge in [0.05, 0.1) is 12.8 Å². The van der Waals surface area contributed by atoms with Gasteiger partial charge < -0.3 is 14.2 Å². The third kappa shape index (κ3) is 6.74. The van der Waals surface area contributed by atoms with Crippen molar-refractivity contribution < 1.29 is 28.6 Å². The van der Waals surface area contributed by atoms with Crippen LogP contribution in [0.3, 0.4) is 0 Å². The summed E-state index contributed by atoms with van der Waals surface area (Å²) < 4.78 is 16.1. The summed E-state index contributed by atoms with van der Waals surface area (Å²) in [7, 11) is 1.23. The van der Waals surface area contributed by atoms with Gasteiger partial charge >= 0.3 is 18.2 Å².